The van der Waals surface area contributed by atoms with Gasteiger partial charge in [-0.2, -0.15) is 0 Å². The summed E-state index contributed by atoms with van der Waals surface area (Å²) in [7, 11) is 2.85. The highest BCUT2D eigenvalue weighted by Gasteiger charge is 2.03. The zero-order chi connectivity index (χ0) is 10.8. The van der Waals surface area contributed by atoms with Crippen molar-refractivity contribution in [2.24, 2.45) is 0 Å². The Morgan fingerprint density at radius 3 is 2.50 bits per heavy atom. The van der Waals surface area contributed by atoms with Crippen molar-refractivity contribution in [3.8, 4) is 0 Å². The van der Waals surface area contributed by atoms with Gasteiger partial charge in [0.2, 0.25) is 5.91 Å². The number of carbonyl (C=O) groups excluding carboxylic acids is 2. The minimum Gasteiger partial charge on any atom is -0.468 e. The minimum atomic E-state index is -0.463. The van der Waals surface area contributed by atoms with Gasteiger partial charge in [-0.3, -0.25) is 9.59 Å². The van der Waals surface area contributed by atoms with Crippen molar-refractivity contribution in [3.05, 3.63) is 0 Å². The van der Waals surface area contributed by atoms with Crippen LogP contribution in [0.3, 0.4) is 0 Å². The Kier molecular flexibility index (Phi) is 7.77. The molecule has 2 N–H and O–H groups in total. The van der Waals surface area contributed by atoms with Gasteiger partial charge < -0.3 is 20.1 Å². The van der Waals surface area contributed by atoms with Crippen LogP contribution in [0.5, 0.6) is 0 Å². The van der Waals surface area contributed by atoms with Crippen LogP contribution in [0.2, 0.25) is 0 Å². The second-order valence-electron chi connectivity index (χ2n) is 2.52. The number of esters is 1. The monoisotopic (exact) mass is 204 g/mol. The number of ether oxygens (including phenoxy) is 2. The third kappa shape index (κ3) is 7.51. The third-order valence-electron chi connectivity index (χ3n) is 1.43. The van der Waals surface area contributed by atoms with Gasteiger partial charge in [0, 0.05) is 13.7 Å². The molecule has 6 heteroatoms. The summed E-state index contributed by atoms with van der Waals surface area (Å²) in [4.78, 5) is 21.6. The topological polar surface area (TPSA) is 76.7 Å². The molecule has 0 aromatic heterocycles. The maximum Gasteiger partial charge on any atom is 0.325 e. The number of hydrogen-bond donors (Lipinski definition) is 2. The Balaban J connectivity index is 3.32. The summed E-state index contributed by atoms with van der Waals surface area (Å²) < 4.78 is 9.12. The lowest BCUT2D eigenvalue weighted by molar-refractivity contribution is -0.141. The number of amides is 1. The number of methoxy groups -OCH3 is 2. The first-order chi connectivity index (χ1) is 6.70. The highest BCUT2D eigenvalue weighted by molar-refractivity contribution is 5.83. The quantitative estimate of drug-likeness (QED) is 0.390. The first-order valence-electron chi connectivity index (χ1n) is 4.24. The smallest absolute Gasteiger partial charge is 0.325 e. The van der Waals surface area contributed by atoms with Gasteiger partial charge in [0.15, 0.2) is 0 Å². The van der Waals surface area contributed by atoms with E-state index < -0.39 is 5.97 Å². The minimum absolute atomic E-state index is 0.0959. The van der Waals surface area contributed by atoms with Gasteiger partial charge in [0.05, 0.1) is 20.3 Å². The molecular weight excluding hydrogens is 188 g/mol. The summed E-state index contributed by atoms with van der Waals surface area (Å²) in [6, 6.07) is 0. The molecule has 0 bridgehead atoms. The molecule has 0 heterocycles. The van der Waals surface area contributed by atoms with Crippen LogP contribution >= 0.6 is 0 Å². The van der Waals surface area contributed by atoms with Crippen molar-refractivity contribution in [3.63, 3.8) is 0 Å². The van der Waals surface area contributed by atoms with Crippen LogP contribution in [0, 0.1) is 0 Å². The van der Waals surface area contributed by atoms with E-state index >= 15 is 0 Å². The molecule has 0 radical (unpaired) electrons. The number of nitrogens with one attached hydrogen (secondary N) is 2. The van der Waals surface area contributed by atoms with Crippen molar-refractivity contribution in [1.29, 1.82) is 0 Å². The lowest BCUT2D eigenvalue weighted by Crippen LogP contribution is -2.38. The van der Waals surface area contributed by atoms with Crippen LogP contribution in [-0.4, -0.2) is 52.3 Å². The van der Waals surface area contributed by atoms with Gasteiger partial charge in [-0.1, -0.05) is 0 Å². The summed E-state index contributed by atoms with van der Waals surface area (Å²) in [5.41, 5.74) is 0. The van der Waals surface area contributed by atoms with Crippen molar-refractivity contribution >= 4 is 11.9 Å². The molecule has 0 rings (SSSR count). The van der Waals surface area contributed by atoms with E-state index in [4.69, 9.17) is 4.74 Å². The summed E-state index contributed by atoms with van der Waals surface area (Å²) in [6.45, 7) is 1.22. The molecule has 0 atom stereocenters. The molecule has 0 aliphatic rings. The second kappa shape index (κ2) is 8.46. The van der Waals surface area contributed by atoms with Gasteiger partial charge in [0.25, 0.3) is 0 Å². The Hall–Kier alpha value is -1.14. The first kappa shape index (κ1) is 12.9. The van der Waals surface area contributed by atoms with Gasteiger partial charge >= 0.3 is 5.97 Å². The molecule has 1 amide bonds. The fourth-order valence-electron chi connectivity index (χ4n) is 0.682. The molecule has 14 heavy (non-hydrogen) atoms. The van der Waals surface area contributed by atoms with Crippen LogP contribution in [0.4, 0.5) is 0 Å². The SMILES string of the molecule is COCCNCC(=O)NCC(=O)OC. The molecule has 0 saturated carbocycles. The van der Waals surface area contributed by atoms with E-state index in [9.17, 15) is 9.59 Å². The third-order valence-corrected chi connectivity index (χ3v) is 1.43. The van der Waals surface area contributed by atoms with E-state index in [1.807, 2.05) is 0 Å². The van der Waals surface area contributed by atoms with Crippen molar-refractivity contribution in [2.75, 3.05) is 40.5 Å². The van der Waals surface area contributed by atoms with Crippen molar-refractivity contribution < 1.29 is 19.1 Å². The van der Waals surface area contributed by atoms with E-state index in [1.54, 1.807) is 7.11 Å². The Bertz CT molecular complexity index is 184. The maximum atomic E-state index is 11.0. The predicted molar refractivity (Wildman–Crippen MR) is 49.8 cm³/mol. The van der Waals surface area contributed by atoms with Gasteiger partial charge in [-0.15, -0.1) is 0 Å². The van der Waals surface area contributed by atoms with E-state index in [-0.39, 0.29) is 19.0 Å². The average molecular weight is 204 g/mol. The Labute approximate surface area is 82.9 Å². The standard InChI is InChI=1S/C8H16N2O4/c1-13-4-3-9-5-7(11)10-6-8(12)14-2/h9H,3-6H2,1-2H3,(H,10,11). The highest BCUT2D eigenvalue weighted by Crippen LogP contribution is 1.71. The van der Waals surface area contributed by atoms with E-state index in [2.05, 4.69) is 15.4 Å². The number of hydrogen-bond acceptors (Lipinski definition) is 5. The van der Waals surface area contributed by atoms with E-state index in [0.717, 1.165) is 0 Å². The Morgan fingerprint density at radius 1 is 1.21 bits per heavy atom. The average Bonchev–Trinajstić information content (AvgIpc) is 2.21. The second-order valence-corrected chi connectivity index (χ2v) is 2.52. The summed E-state index contributed by atoms with van der Waals surface area (Å²) in [6.07, 6.45) is 0. The molecule has 0 aliphatic carbocycles. The van der Waals surface area contributed by atoms with Crippen LogP contribution in [0.1, 0.15) is 0 Å². The van der Waals surface area contributed by atoms with Crippen molar-refractivity contribution in [1.82, 2.24) is 10.6 Å². The van der Waals surface area contributed by atoms with Crippen LogP contribution < -0.4 is 10.6 Å². The fraction of sp³-hybridized carbons (Fsp3) is 0.750. The molecule has 0 saturated heterocycles. The molecule has 0 spiro atoms. The zero-order valence-electron chi connectivity index (χ0n) is 8.46. The molecule has 6 nitrogen and oxygen atoms in total. The lowest BCUT2D eigenvalue weighted by Gasteiger charge is -2.04. The van der Waals surface area contributed by atoms with Crippen molar-refractivity contribution in [2.45, 2.75) is 0 Å². The largest absolute Gasteiger partial charge is 0.468 e. The van der Waals surface area contributed by atoms with E-state index in [1.165, 1.54) is 7.11 Å². The summed E-state index contributed by atoms with van der Waals surface area (Å²) in [5, 5.41) is 5.23. The lowest BCUT2D eigenvalue weighted by atomic mass is 10.5. The Morgan fingerprint density at radius 2 is 1.93 bits per heavy atom. The fourth-order valence-corrected chi connectivity index (χ4v) is 0.682. The molecule has 0 aliphatic heterocycles. The highest BCUT2D eigenvalue weighted by atomic mass is 16.5. The number of carbonyl (C=O) groups is 2. The molecular formula is C8H16N2O4. The molecule has 0 fully saturated rings. The predicted octanol–water partition coefficient (Wildman–Crippen LogP) is -1.49. The van der Waals surface area contributed by atoms with Gasteiger partial charge in [-0.25, -0.2) is 0 Å². The van der Waals surface area contributed by atoms with Gasteiger partial charge in [-0.05, 0) is 0 Å². The number of rotatable bonds is 7. The van der Waals surface area contributed by atoms with Crippen LogP contribution in [0.15, 0.2) is 0 Å². The maximum absolute atomic E-state index is 11.0. The van der Waals surface area contributed by atoms with Crippen LogP contribution in [0.25, 0.3) is 0 Å². The molecule has 0 unspecified atom stereocenters. The molecule has 82 valence electrons. The van der Waals surface area contributed by atoms with E-state index in [0.29, 0.717) is 13.2 Å². The normalized spacial score (nSPS) is 9.57. The molecule has 0 aromatic carbocycles. The van der Waals surface area contributed by atoms with Crippen LogP contribution in [-0.2, 0) is 19.1 Å². The summed E-state index contributed by atoms with van der Waals surface area (Å²) in [5.74, 6) is -0.707. The first-order valence-corrected chi connectivity index (χ1v) is 4.24. The molecule has 0 aromatic rings. The zero-order valence-corrected chi connectivity index (χ0v) is 8.46. The van der Waals surface area contributed by atoms with Gasteiger partial charge in [0.1, 0.15) is 6.54 Å². The summed E-state index contributed by atoms with van der Waals surface area (Å²) >= 11 is 0.